The van der Waals surface area contributed by atoms with Gasteiger partial charge in [-0.05, 0) is 36.3 Å². The van der Waals surface area contributed by atoms with Gasteiger partial charge in [-0.1, -0.05) is 24.3 Å². The number of ether oxygens (including phenoxy) is 1. The zero-order chi connectivity index (χ0) is 14.2. The molecule has 1 spiro atoms. The van der Waals surface area contributed by atoms with Crippen molar-refractivity contribution in [2.45, 2.75) is 32.1 Å². The summed E-state index contributed by atoms with van der Waals surface area (Å²) in [5.41, 5.74) is 1.87. The van der Waals surface area contributed by atoms with Crippen molar-refractivity contribution in [3.8, 4) is 0 Å². The second-order valence-electron chi connectivity index (χ2n) is 5.85. The van der Waals surface area contributed by atoms with Crippen molar-refractivity contribution in [2.24, 2.45) is 5.41 Å². The first-order chi connectivity index (χ1) is 9.62. The van der Waals surface area contributed by atoms with Crippen molar-refractivity contribution in [1.29, 1.82) is 0 Å². The summed E-state index contributed by atoms with van der Waals surface area (Å²) in [5, 5.41) is 2.51. The highest BCUT2D eigenvalue weighted by molar-refractivity contribution is 6.02. The molecule has 3 rings (SSSR count). The van der Waals surface area contributed by atoms with Crippen molar-refractivity contribution in [3.05, 3.63) is 35.4 Å². The number of rotatable bonds is 1. The zero-order valence-corrected chi connectivity index (χ0v) is 11.6. The number of nitrogens with one attached hydrogen (secondary N) is 1. The van der Waals surface area contributed by atoms with Crippen LogP contribution in [-0.2, 0) is 14.3 Å². The van der Waals surface area contributed by atoms with E-state index in [0.29, 0.717) is 19.6 Å². The number of hydrogen-bond acceptors (Lipinski definition) is 3. The van der Waals surface area contributed by atoms with Gasteiger partial charge in [-0.3, -0.25) is 14.9 Å². The molecular weight excluding hydrogens is 254 g/mol. The standard InChI is InChI=1S/C16H19NO3/c1-11-4-2-3-5-12(11)14-15(19)17-13(18)10-16(14)6-8-20-9-7-16/h2-5,14H,6-10H2,1H3,(H,17,18,19). The van der Waals surface area contributed by atoms with Crippen molar-refractivity contribution >= 4 is 11.8 Å². The molecule has 1 N–H and O–H groups in total. The third kappa shape index (κ3) is 2.14. The monoisotopic (exact) mass is 273 g/mol. The van der Waals surface area contributed by atoms with E-state index in [0.717, 1.165) is 24.0 Å². The Kier molecular flexibility index (Phi) is 3.34. The average Bonchev–Trinajstić information content (AvgIpc) is 2.41. The number of benzene rings is 1. The number of hydrogen-bond donors (Lipinski definition) is 1. The van der Waals surface area contributed by atoms with Gasteiger partial charge in [-0.15, -0.1) is 0 Å². The van der Waals surface area contributed by atoms with Gasteiger partial charge in [0.2, 0.25) is 11.8 Å². The number of carbonyl (C=O) groups is 2. The van der Waals surface area contributed by atoms with E-state index in [2.05, 4.69) is 5.32 Å². The summed E-state index contributed by atoms with van der Waals surface area (Å²) >= 11 is 0. The lowest BCUT2D eigenvalue weighted by atomic mass is 9.62. The molecule has 0 bridgehead atoms. The molecule has 1 unspecified atom stereocenters. The van der Waals surface area contributed by atoms with Crippen LogP contribution in [0.4, 0.5) is 0 Å². The van der Waals surface area contributed by atoms with E-state index < -0.39 is 0 Å². The summed E-state index contributed by atoms with van der Waals surface area (Å²) in [5.74, 6) is -0.551. The summed E-state index contributed by atoms with van der Waals surface area (Å²) in [4.78, 5) is 24.3. The topological polar surface area (TPSA) is 55.4 Å². The Balaban J connectivity index is 2.06. The molecule has 2 heterocycles. The molecule has 106 valence electrons. The van der Waals surface area contributed by atoms with Crippen LogP contribution in [-0.4, -0.2) is 25.0 Å². The SMILES string of the molecule is Cc1ccccc1C1C(=O)NC(=O)CC12CCOCC2. The molecule has 1 aromatic rings. The average molecular weight is 273 g/mol. The second-order valence-corrected chi connectivity index (χ2v) is 5.85. The van der Waals surface area contributed by atoms with Gasteiger partial charge in [0.1, 0.15) is 0 Å². The zero-order valence-electron chi connectivity index (χ0n) is 11.6. The highest BCUT2D eigenvalue weighted by atomic mass is 16.5. The van der Waals surface area contributed by atoms with E-state index in [-0.39, 0.29) is 23.1 Å². The van der Waals surface area contributed by atoms with Crippen LogP contribution in [0.15, 0.2) is 24.3 Å². The molecule has 4 nitrogen and oxygen atoms in total. The molecule has 0 saturated carbocycles. The fourth-order valence-corrected chi connectivity index (χ4v) is 3.58. The highest BCUT2D eigenvalue weighted by Gasteiger charge is 2.50. The van der Waals surface area contributed by atoms with Gasteiger partial charge < -0.3 is 4.74 Å². The van der Waals surface area contributed by atoms with Crippen molar-refractivity contribution in [3.63, 3.8) is 0 Å². The molecule has 20 heavy (non-hydrogen) atoms. The van der Waals surface area contributed by atoms with E-state index in [9.17, 15) is 9.59 Å². The summed E-state index contributed by atoms with van der Waals surface area (Å²) in [6, 6.07) is 7.96. The van der Waals surface area contributed by atoms with Crippen molar-refractivity contribution < 1.29 is 14.3 Å². The van der Waals surface area contributed by atoms with Crippen molar-refractivity contribution in [1.82, 2.24) is 5.32 Å². The summed E-state index contributed by atoms with van der Waals surface area (Å²) < 4.78 is 5.44. The van der Waals surface area contributed by atoms with Crippen LogP contribution >= 0.6 is 0 Å². The molecule has 0 aromatic heterocycles. The quantitative estimate of drug-likeness (QED) is 0.795. The predicted molar refractivity (Wildman–Crippen MR) is 74.2 cm³/mol. The maximum absolute atomic E-state index is 12.5. The third-order valence-electron chi connectivity index (χ3n) is 4.64. The Bertz CT molecular complexity index is 546. The normalized spacial score (nSPS) is 25.6. The fraction of sp³-hybridized carbons (Fsp3) is 0.500. The lowest BCUT2D eigenvalue weighted by molar-refractivity contribution is -0.143. The van der Waals surface area contributed by atoms with Crippen molar-refractivity contribution in [2.75, 3.05) is 13.2 Å². The van der Waals surface area contributed by atoms with Crippen LogP contribution in [0.1, 0.15) is 36.3 Å². The van der Waals surface area contributed by atoms with E-state index in [1.165, 1.54) is 0 Å². The van der Waals surface area contributed by atoms with E-state index in [4.69, 9.17) is 4.74 Å². The maximum atomic E-state index is 12.5. The smallest absolute Gasteiger partial charge is 0.234 e. The fourth-order valence-electron chi connectivity index (χ4n) is 3.58. The van der Waals surface area contributed by atoms with Gasteiger partial charge in [0, 0.05) is 19.6 Å². The predicted octanol–water partition coefficient (Wildman–Crippen LogP) is 1.92. The van der Waals surface area contributed by atoms with Gasteiger partial charge in [0.05, 0.1) is 5.92 Å². The molecule has 1 atom stereocenters. The second kappa shape index (κ2) is 5.02. The number of aryl methyl sites for hydroxylation is 1. The molecule has 2 aliphatic rings. The summed E-state index contributed by atoms with van der Waals surface area (Å²) in [6.45, 7) is 3.28. The number of amides is 2. The van der Waals surface area contributed by atoms with Gasteiger partial charge in [0.15, 0.2) is 0 Å². The Labute approximate surface area is 118 Å². The van der Waals surface area contributed by atoms with Gasteiger partial charge in [-0.2, -0.15) is 0 Å². The van der Waals surface area contributed by atoms with Crippen LogP contribution < -0.4 is 5.32 Å². The first-order valence-corrected chi connectivity index (χ1v) is 7.09. The maximum Gasteiger partial charge on any atom is 0.234 e. The Morgan fingerprint density at radius 3 is 2.60 bits per heavy atom. The molecule has 2 aliphatic heterocycles. The molecular formula is C16H19NO3. The van der Waals surface area contributed by atoms with E-state index >= 15 is 0 Å². The first kappa shape index (κ1) is 13.3. The molecule has 2 fully saturated rings. The van der Waals surface area contributed by atoms with Crippen LogP contribution in [0.25, 0.3) is 0 Å². The first-order valence-electron chi connectivity index (χ1n) is 7.09. The molecule has 0 radical (unpaired) electrons. The molecule has 4 heteroatoms. The van der Waals surface area contributed by atoms with E-state index in [1.807, 2.05) is 31.2 Å². The number of imide groups is 1. The largest absolute Gasteiger partial charge is 0.381 e. The minimum Gasteiger partial charge on any atom is -0.381 e. The van der Waals surface area contributed by atoms with Crippen LogP contribution in [0.3, 0.4) is 0 Å². The number of carbonyl (C=O) groups excluding carboxylic acids is 2. The Hall–Kier alpha value is -1.68. The van der Waals surface area contributed by atoms with Crippen LogP contribution in [0.5, 0.6) is 0 Å². The summed E-state index contributed by atoms with van der Waals surface area (Å²) in [7, 11) is 0. The van der Waals surface area contributed by atoms with Gasteiger partial charge in [0.25, 0.3) is 0 Å². The molecule has 2 saturated heterocycles. The molecule has 2 amide bonds. The molecule has 1 aromatic carbocycles. The minimum atomic E-state index is -0.274. The van der Waals surface area contributed by atoms with E-state index in [1.54, 1.807) is 0 Å². The summed E-state index contributed by atoms with van der Waals surface area (Å²) in [6.07, 6.45) is 1.96. The van der Waals surface area contributed by atoms with Crippen LogP contribution in [0.2, 0.25) is 0 Å². The lowest BCUT2D eigenvalue weighted by Crippen LogP contribution is -2.52. The lowest BCUT2D eigenvalue weighted by Gasteiger charge is -2.45. The minimum absolute atomic E-state index is 0.151. The Morgan fingerprint density at radius 1 is 1.20 bits per heavy atom. The van der Waals surface area contributed by atoms with Crippen LogP contribution in [0, 0.1) is 12.3 Å². The van der Waals surface area contributed by atoms with Gasteiger partial charge in [-0.25, -0.2) is 0 Å². The van der Waals surface area contributed by atoms with Gasteiger partial charge >= 0.3 is 0 Å². The molecule has 0 aliphatic carbocycles. The highest BCUT2D eigenvalue weighted by Crippen LogP contribution is 2.49. The third-order valence-corrected chi connectivity index (χ3v) is 4.64. The Morgan fingerprint density at radius 2 is 1.90 bits per heavy atom. The number of piperidine rings is 1.